The van der Waals surface area contributed by atoms with Crippen molar-refractivity contribution < 1.29 is 4.79 Å². The molecule has 1 N–H and O–H groups in total. The minimum absolute atomic E-state index is 0.0951. The molecule has 0 fully saturated rings. The predicted octanol–water partition coefficient (Wildman–Crippen LogP) is 3.17. The highest BCUT2D eigenvalue weighted by Gasteiger charge is 2.11. The molecule has 0 spiro atoms. The van der Waals surface area contributed by atoms with Crippen LogP contribution >= 0.6 is 34.4 Å². The first kappa shape index (κ1) is 19.7. The van der Waals surface area contributed by atoms with Gasteiger partial charge in [0.25, 0.3) is 5.56 Å². The molecule has 0 unspecified atom stereocenters. The van der Waals surface area contributed by atoms with Crippen molar-refractivity contribution in [1.82, 2.24) is 24.8 Å². The van der Waals surface area contributed by atoms with E-state index in [2.05, 4.69) is 25.6 Å². The van der Waals surface area contributed by atoms with E-state index in [9.17, 15) is 9.59 Å². The van der Waals surface area contributed by atoms with E-state index in [0.29, 0.717) is 38.7 Å². The maximum absolute atomic E-state index is 12.1. The molecule has 1 amide bonds. The fourth-order valence-corrected chi connectivity index (χ4v) is 4.99. The molecule has 0 saturated carbocycles. The van der Waals surface area contributed by atoms with E-state index < -0.39 is 0 Å². The van der Waals surface area contributed by atoms with E-state index in [4.69, 9.17) is 0 Å². The van der Waals surface area contributed by atoms with Gasteiger partial charge in [0.1, 0.15) is 5.01 Å². The van der Waals surface area contributed by atoms with E-state index >= 15 is 0 Å². The summed E-state index contributed by atoms with van der Waals surface area (Å²) in [5.74, 6) is 0.390. The summed E-state index contributed by atoms with van der Waals surface area (Å²) in [4.78, 5) is 29.2. The standard InChI is InChI=1S/C18H16N6O2S3/c1-11-23-24-15(26)9-13(19-17(24)28-11)10-27-18-22-21-16(29-18)20-14(25)8-7-12-5-3-2-4-6-12/h2-6,9H,7-8,10H2,1H3,(H,20,21,25). The second kappa shape index (κ2) is 8.80. The van der Waals surface area contributed by atoms with E-state index in [-0.39, 0.29) is 11.5 Å². The monoisotopic (exact) mass is 444 g/mol. The lowest BCUT2D eigenvalue weighted by Gasteiger charge is -2.01. The summed E-state index contributed by atoms with van der Waals surface area (Å²) >= 11 is 4.10. The van der Waals surface area contributed by atoms with Crippen LogP contribution in [0.1, 0.15) is 22.7 Å². The van der Waals surface area contributed by atoms with Crippen molar-refractivity contribution in [2.45, 2.75) is 29.9 Å². The number of benzene rings is 1. The van der Waals surface area contributed by atoms with Crippen molar-refractivity contribution >= 4 is 50.4 Å². The zero-order chi connectivity index (χ0) is 20.2. The number of anilines is 1. The van der Waals surface area contributed by atoms with Crippen molar-refractivity contribution in [3.63, 3.8) is 0 Å². The number of carbonyl (C=O) groups is 1. The summed E-state index contributed by atoms with van der Waals surface area (Å²) < 4.78 is 2.01. The Labute approximate surface area is 178 Å². The van der Waals surface area contributed by atoms with Crippen LogP contribution < -0.4 is 10.9 Å². The van der Waals surface area contributed by atoms with Crippen LogP contribution in [0.3, 0.4) is 0 Å². The van der Waals surface area contributed by atoms with Gasteiger partial charge in [-0.1, -0.05) is 64.8 Å². The van der Waals surface area contributed by atoms with Crippen LogP contribution in [0.5, 0.6) is 0 Å². The van der Waals surface area contributed by atoms with Crippen molar-refractivity contribution in [3.8, 4) is 0 Å². The number of rotatable bonds is 7. The van der Waals surface area contributed by atoms with Crippen LogP contribution in [0.15, 0.2) is 45.5 Å². The second-order valence-electron chi connectivity index (χ2n) is 6.10. The van der Waals surface area contributed by atoms with E-state index in [1.807, 2.05) is 37.3 Å². The number of carbonyl (C=O) groups excluding carboxylic acids is 1. The molecule has 0 aliphatic heterocycles. The fourth-order valence-electron chi connectivity index (χ4n) is 2.56. The molecule has 0 saturated heterocycles. The Morgan fingerprint density at radius 1 is 1.21 bits per heavy atom. The maximum atomic E-state index is 12.1. The summed E-state index contributed by atoms with van der Waals surface area (Å²) in [5.41, 5.74) is 1.58. The SMILES string of the molecule is Cc1nn2c(=O)cc(CSc3nnc(NC(=O)CCc4ccccc4)s3)nc2s1. The summed E-state index contributed by atoms with van der Waals surface area (Å²) in [5, 5.41) is 16.3. The van der Waals surface area contributed by atoms with Gasteiger partial charge in [0.15, 0.2) is 4.34 Å². The van der Waals surface area contributed by atoms with Gasteiger partial charge < -0.3 is 5.32 Å². The minimum Gasteiger partial charge on any atom is -0.300 e. The van der Waals surface area contributed by atoms with E-state index in [0.717, 1.165) is 10.6 Å². The quantitative estimate of drug-likeness (QED) is 0.345. The Kier molecular flexibility index (Phi) is 5.97. The molecule has 11 heteroatoms. The van der Waals surface area contributed by atoms with Crippen molar-refractivity contribution in [2.75, 3.05) is 5.32 Å². The van der Waals surface area contributed by atoms with Gasteiger partial charge in [-0.05, 0) is 18.9 Å². The second-order valence-corrected chi connectivity index (χ2v) is 9.46. The topological polar surface area (TPSA) is 102 Å². The maximum Gasteiger partial charge on any atom is 0.275 e. The molecule has 148 valence electrons. The Morgan fingerprint density at radius 3 is 2.86 bits per heavy atom. The summed E-state index contributed by atoms with van der Waals surface area (Å²) in [6.07, 6.45) is 1.06. The highest BCUT2D eigenvalue weighted by atomic mass is 32.2. The largest absolute Gasteiger partial charge is 0.300 e. The number of amides is 1. The number of hydrogen-bond donors (Lipinski definition) is 1. The van der Waals surface area contributed by atoms with Crippen molar-refractivity contribution in [3.05, 3.63) is 63.0 Å². The summed E-state index contributed by atoms with van der Waals surface area (Å²) in [7, 11) is 0. The highest BCUT2D eigenvalue weighted by molar-refractivity contribution is 8.00. The lowest BCUT2D eigenvalue weighted by Crippen LogP contribution is -2.15. The first-order chi connectivity index (χ1) is 14.1. The molecule has 0 aliphatic carbocycles. The van der Waals surface area contributed by atoms with E-state index in [1.54, 1.807) is 0 Å². The molecule has 8 nitrogen and oxygen atoms in total. The van der Waals surface area contributed by atoms with Crippen LogP contribution in [0.2, 0.25) is 0 Å². The average molecular weight is 445 g/mol. The Morgan fingerprint density at radius 2 is 2.03 bits per heavy atom. The van der Waals surface area contributed by atoms with Gasteiger partial charge in [0.2, 0.25) is 16.0 Å². The molecule has 0 radical (unpaired) electrons. The van der Waals surface area contributed by atoms with Gasteiger partial charge in [0.05, 0.1) is 5.69 Å². The lowest BCUT2D eigenvalue weighted by atomic mass is 10.1. The fraction of sp³-hybridized carbons (Fsp3) is 0.222. The third kappa shape index (κ3) is 5.05. The van der Waals surface area contributed by atoms with Crippen molar-refractivity contribution in [2.24, 2.45) is 0 Å². The highest BCUT2D eigenvalue weighted by Crippen LogP contribution is 2.28. The predicted molar refractivity (Wildman–Crippen MR) is 115 cm³/mol. The molecular formula is C18H16N6O2S3. The first-order valence-electron chi connectivity index (χ1n) is 8.73. The number of fused-ring (bicyclic) bond motifs is 1. The van der Waals surface area contributed by atoms with Crippen LogP contribution in [0, 0.1) is 6.92 Å². The van der Waals surface area contributed by atoms with Crippen molar-refractivity contribution in [1.29, 1.82) is 0 Å². The molecule has 3 aromatic heterocycles. The first-order valence-corrected chi connectivity index (χ1v) is 11.4. The van der Waals surface area contributed by atoms with Crippen LogP contribution in [-0.4, -0.2) is 30.7 Å². The van der Waals surface area contributed by atoms with Gasteiger partial charge in [-0.3, -0.25) is 9.59 Å². The average Bonchev–Trinajstić information content (AvgIpc) is 3.31. The molecule has 0 aliphatic rings. The Hall–Kier alpha value is -2.63. The minimum atomic E-state index is -0.196. The van der Waals surface area contributed by atoms with Gasteiger partial charge in [0, 0.05) is 18.2 Å². The van der Waals surface area contributed by atoms with E-state index in [1.165, 1.54) is 45.0 Å². The van der Waals surface area contributed by atoms with Gasteiger partial charge in [-0.15, -0.1) is 10.2 Å². The molecule has 3 heterocycles. The number of hydrogen-bond acceptors (Lipinski definition) is 9. The summed E-state index contributed by atoms with van der Waals surface area (Å²) in [6, 6.07) is 11.3. The Bertz CT molecular complexity index is 1200. The summed E-state index contributed by atoms with van der Waals surface area (Å²) in [6.45, 7) is 1.84. The number of nitrogens with one attached hydrogen (secondary N) is 1. The Balaban J connectivity index is 1.32. The smallest absolute Gasteiger partial charge is 0.275 e. The number of nitrogens with zero attached hydrogens (tertiary/aromatic N) is 5. The molecule has 1 aromatic carbocycles. The van der Waals surface area contributed by atoms with Gasteiger partial charge >= 0.3 is 0 Å². The molecule has 4 aromatic rings. The number of thioether (sulfide) groups is 1. The third-order valence-corrected chi connectivity index (χ3v) is 6.71. The number of aromatic nitrogens is 5. The lowest BCUT2D eigenvalue weighted by molar-refractivity contribution is -0.116. The zero-order valence-electron chi connectivity index (χ0n) is 15.4. The van der Waals surface area contributed by atoms with Gasteiger partial charge in [-0.25, -0.2) is 4.98 Å². The van der Waals surface area contributed by atoms with Crippen LogP contribution in [-0.2, 0) is 17.0 Å². The molecule has 0 bridgehead atoms. The molecule has 0 atom stereocenters. The van der Waals surface area contributed by atoms with Crippen LogP contribution in [0.25, 0.3) is 4.96 Å². The zero-order valence-corrected chi connectivity index (χ0v) is 17.8. The molecule has 4 rings (SSSR count). The molecule has 29 heavy (non-hydrogen) atoms. The van der Waals surface area contributed by atoms with Crippen LogP contribution in [0.4, 0.5) is 5.13 Å². The van der Waals surface area contributed by atoms with Gasteiger partial charge in [-0.2, -0.15) is 9.61 Å². The number of aryl methyl sites for hydroxylation is 2. The normalized spacial score (nSPS) is 11.1. The third-order valence-electron chi connectivity index (χ3n) is 3.88. The molecular weight excluding hydrogens is 428 g/mol.